The van der Waals surface area contributed by atoms with Crippen LogP contribution in [0.5, 0.6) is 0 Å². The van der Waals surface area contributed by atoms with Gasteiger partial charge in [0.15, 0.2) is 0 Å². The fraction of sp³-hybridized carbons (Fsp3) is 0.714. The van der Waals surface area contributed by atoms with E-state index in [-0.39, 0.29) is 53.0 Å². The Labute approximate surface area is 125 Å². The molecule has 0 heterocycles. The van der Waals surface area contributed by atoms with Crippen LogP contribution in [0.3, 0.4) is 0 Å². The van der Waals surface area contributed by atoms with Crippen molar-refractivity contribution in [3.8, 4) is 0 Å². The van der Waals surface area contributed by atoms with E-state index in [1.165, 1.54) is 13.1 Å². The summed E-state index contributed by atoms with van der Waals surface area (Å²) < 4.78 is 4.75. The van der Waals surface area contributed by atoms with E-state index in [9.17, 15) is 14.4 Å². The normalized spacial score (nSPS) is 10.4. The summed E-state index contributed by atoms with van der Waals surface area (Å²) in [7, 11) is -6.60. The van der Waals surface area contributed by atoms with E-state index >= 15 is 0 Å². The second-order valence-electron chi connectivity index (χ2n) is 2.92. The standard InChI is InChI=1S/C4H16N2O4Si2.C2H4.CH4.Y/c1-11(2,7)10-12(8,9)4-6-3-5;1-2;;/h6-9H,3-5H2,1-2H3;1-2H2;1H4;. The maximum atomic E-state index is 9.22. The molecule has 0 amide bonds. The van der Waals surface area contributed by atoms with Gasteiger partial charge in [-0.05, 0) is 13.1 Å². The van der Waals surface area contributed by atoms with Gasteiger partial charge in [-0.15, -0.1) is 13.2 Å². The first-order valence-electron chi connectivity index (χ1n) is 4.05. The predicted octanol–water partition coefficient (Wildman–Crippen LogP) is -0.899. The molecule has 0 rings (SSSR count). The van der Waals surface area contributed by atoms with Crippen molar-refractivity contribution in [2.45, 2.75) is 20.5 Å². The number of nitrogens with one attached hydrogen (secondary N) is 1. The van der Waals surface area contributed by atoms with Crippen molar-refractivity contribution in [3.63, 3.8) is 0 Å². The van der Waals surface area contributed by atoms with Gasteiger partial charge in [-0.25, -0.2) is 0 Å². The van der Waals surface area contributed by atoms with Gasteiger partial charge in [0.05, 0.1) is 6.17 Å². The van der Waals surface area contributed by atoms with E-state index in [2.05, 4.69) is 18.5 Å². The Bertz CT molecular complexity index is 158. The van der Waals surface area contributed by atoms with Crippen LogP contribution in [0.1, 0.15) is 7.43 Å². The first-order chi connectivity index (χ1) is 6.27. The van der Waals surface area contributed by atoms with Crippen LogP contribution in [0.25, 0.3) is 0 Å². The molecule has 0 saturated carbocycles. The molecule has 0 aliphatic heterocycles. The van der Waals surface area contributed by atoms with Crippen LogP contribution < -0.4 is 11.1 Å². The van der Waals surface area contributed by atoms with E-state index in [4.69, 9.17) is 9.85 Å². The third-order valence-corrected chi connectivity index (χ3v) is 4.93. The SMILES string of the molecule is C.C=C.C[Si](C)(O)O[Si](O)(O)CNCN.[Y]. The zero-order valence-electron chi connectivity index (χ0n) is 9.23. The molecule has 6 nitrogen and oxygen atoms in total. The van der Waals surface area contributed by atoms with E-state index in [1.807, 2.05) is 0 Å². The van der Waals surface area contributed by atoms with E-state index in [0.29, 0.717) is 0 Å². The minimum atomic E-state index is -3.74. The Balaban J connectivity index is -0.000000169. The van der Waals surface area contributed by atoms with Crippen LogP contribution in [-0.4, -0.2) is 44.6 Å². The van der Waals surface area contributed by atoms with Crippen molar-refractivity contribution >= 4 is 17.4 Å². The zero-order chi connectivity index (χ0) is 11.8. The molecule has 0 aromatic carbocycles. The quantitative estimate of drug-likeness (QED) is 0.251. The maximum Gasteiger partial charge on any atom is 0.501 e. The number of rotatable bonds is 5. The van der Waals surface area contributed by atoms with Crippen LogP contribution in [-0.2, 0) is 36.8 Å². The number of nitrogens with two attached hydrogens (primary N) is 1. The monoisotopic (exact) mass is 345 g/mol. The Morgan fingerprint density at radius 1 is 1.25 bits per heavy atom. The molecule has 6 N–H and O–H groups in total. The second-order valence-corrected chi connectivity index (χ2v) is 8.47. The Morgan fingerprint density at radius 3 is 1.88 bits per heavy atom. The van der Waals surface area contributed by atoms with Crippen LogP contribution in [0.4, 0.5) is 0 Å². The van der Waals surface area contributed by atoms with Gasteiger partial charge in [-0.1, -0.05) is 7.43 Å². The largest absolute Gasteiger partial charge is 0.501 e. The van der Waals surface area contributed by atoms with Gasteiger partial charge in [0, 0.05) is 39.4 Å². The van der Waals surface area contributed by atoms with Crippen LogP contribution in [0, 0.1) is 0 Å². The van der Waals surface area contributed by atoms with Crippen molar-refractivity contribution in [1.29, 1.82) is 0 Å². The summed E-state index contributed by atoms with van der Waals surface area (Å²) in [5, 5.41) is 2.54. The zero-order valence-corrected chi connectivity index (χ0v) is 14.1. The molecular weight excluding hydrogens is 321 g/mol. The molecule has 0 aliphatic carbocycles. The van der Waals surface area contributed by atoms with Gasteiger partial charge >= 0.3 is 17.4 Å². The van der Waals surface area contributed by atoms with E-state index < -0.39 is 17.4 Å². The van der Waals surface area contributed by atoms with Crippen molar-refractivity contribution in [3.05, 3.63) is 13.2 Å². The maximum absolute atomic E-state index is 9.22. The summed E-state index contributed by atoms with van der Waals surface area (Å²) in [6.45, 7) is 9.07. The minimum absolute atomic E-state index is 0. The summed E-state index contributed by atoms with van der Waals surface area (Å²) in [6, 6.07) is 0. The van der Waals surface area contributed by atoms with E-state index in [0.717, 1.165) is 0 Å². The van der Waals surface area contributed by atoms with Gasteiger partial charge in [-0.3, -0.25) is 0 Å². The molecular formula is C7H24N2O4Si2Y. The van der Waals surface area contributed by atoms with Crippen LogP contribution in [0.15, 0.2) is 13.2 Å². The van der Waals surface area contributed by atoms with Gasteiger partial charge < -0.3 is 29.6 Å². The summed E-state index contributed by atoms with van der Waals surface area (Å²) in [5.41, 5.74) is 5.08. The average molecular weight is 345 g/mol. The smallest absolute Gasteiger partial charge is 0.411 e. The van der Waals surface area contributed by atoms with Gasteiger partial charge in [0.25, 0.3) is 0 Å². The third-order valence-electron chi connectivity index (χ3n) is 0.913. The number of hydrogen-bond acceptors (Lipinski definition) is 6. The van der Waals surface area contributed by atoms with Crippen molar-refractivity contribution in [2.75, 3.05) is 12.8 Å². The van der Waals surface area contributed by atoms with Crippen molar-refractivity contribution in [2.24, 2.45) is 5.73 Å². The molecule has 97 valence electrons. The molecule has 0 fully saturated rings. The molecule has 0 unspecified atom stereocenters. The summed E-state index contributed by atoms with van der Waals surface area (Å²) >= 11 is 0. The van der Waals surface area contributed by atoms with Gasteiger partial charge in [0.2, 0.25) is 0 Å². The average Bonchev–Trinajstić information content (AvgIpc) is 2.00. The fourth-order valence-corrected chi connectivity index (χ4v) is 4.63. The fourth-order valence-electron chi connectivity index (χ4n) is 0.671. The first-order valence-corrected chi connectivity index (χ1v) is 8.91. The molecule has 9 heteroatoms. The molecule has 0 spiro atoms. The molecule has 16 heavy (non-hydrogen) atoms. The van der Waals surface area contributed by atoms with Crippen LogP contribution in [0.2, 0.25) is 13.1 Å². The number of hydrogen-bond donors (Lipinski definition) is 5. The van der Waals surface area contributed by atoms with Gasteiger partial charge in [-0.2, -0.15) is 0 Å². The second kappa shape index (κ2) is 12.5. The van der Waals surface area contributed by atoms with Crippen LogP contribution >= 0.6 is 0 Å². The molecule has 0 aromatic rings. The molecule has 0 aliphatic rings. The van der Waals surface area contributed by atoms with Crippen molar-refractivity contribution < 1.29 is 51.2 Å². The summed E-state index contributed by atoms with van der Waals surface area (Å²) in [6.07, 6.45) is -0.0967. The van der Waals surface area contributed by atoms with Gasteiger partial charge in [0.1, 0.15) is 0 Å². The topological polar surface area (TPSA) is 108 Å². The minimum Gasteiger partial charge on any atom is -0.411 e. The Kier molecular flexibility index (Phi) is 20.1. The first kappa shape index (κ1) is 25.8. The van der Waals surface area contributed by atoms with E-state index in [1.54, 1.807) is 0 Å². The molecule has 0 bridgehead atoms. The third kappa shape index (κ3) is 20.4. The van der Waals surface area contributed by atoms with Crippen molar-refractivity contribution in [1.82, 2.24) is 5.32 Å². The Morgan fingerprint density at radius 2 is 1.62 bits per heavy atom. The Hall–Kier alpha value is 1.04. The molecule has 0 aromatic heterocycles. The molecule has 0 atom stereocenters. The predicted molar refractivity (Wildman–Crippen MR) is 66.0 cm³/mol. The summed E-state index contributed by atoms with van der Waals surface area (Å²) in [5.74, 6) is 0. The summed E-state index contributed by atoms with van der Waals surface area (Å²) in [4.78, 5) is 27.6. The molecule has 1 radical (unpaired) electrons. The molecule has 0 saturated heterocycles.